The molecule has 0 fully saturated rings. The molecule has 40 heavy (non-hydrogen) atoms. The van der Waals surface area contributed by atoms with E-state index in [4.69, 9.17) is 9.40 Å². The van der Waals surface area contributed by atoms with Gasteiger partial charge in [0.2, 0.25) is 0 Å². The van der Waals surface area contributed by atoms with Gasteiger partial charge in [-0.05, 0) is 66.0 Å². The van der Waals surface area contributed by atoms with E-state index in [-0.39, 0.29) is 23.8 Å². The van der Waals surface area contributed by atoms with Gasteiger partial charge in [-0.25, -0.2) is 9.97 Å². The zero-order valence-electron chi connectivity index (χ0n) is 23.0. The van der Waals surface area contributed by atoms with E-state index >= 15 is 0 Å². The number of hydrogen-bond acceptors (Lipinski definition) is 8. The second-order valence-corrected chi connectivity index (χ2v) is 12.3. The average Bonchev–Trinajstić information content (AvgIpc) is 3.61. The first-order valence-corrected chi connectivity index (χ1v) is 14.4. The lowest BCUT2D eigenvalue weighted by atomic mass is 9.71. The number of anilines is 1. The van der Waals surface area contributed by atoms with Crippen molar-refractivity contribution in [3.8, 4) is 0 Å². The predicted octanol–water partition coefficient (Wildman–Crippen LogP) is 4.74. The number of fused-ring (bicyclic) bond motifs is 2. The number of carbonyl (C=O) groups is 2. The number of amides is 2. The van der Waals surface area contributed by atoms with E-state index in [1.54, 1.807) is 12.1 Å². The highest BCUT2D eigenvalue weighted by Crippen LogP contribution is 2.38. The summed E-state index contributed by atoms with van der Waals surface area (Å²) in [4.78, 5) is 36.1. The van der Waals surface area contributed by atoms with E-state index in [2.05, 4.69) is 47.8 Å². The molecular formula is C30H35N5O4S. The summed E-state index contributed by atoms with van der Waals surface area (Å²) < 4.78 is 5.07. The number of pyridine rings is 1. The first kappa shape index (κ1) is 27.9. The van der Waals surface area contributed by atoms with Crippen LogP contribution in [0.3, 0.4) is 0 Å². The summed E-state index contributed by atoms with van der Waals surface area (Å²) in [6, 6.07) is 11.0. The van der Waals surface area contributed by atoms with Gasteiger partial charge in [0.15, 0.2) is 0 Å². The standard InChI is InChI=1S/C30H35N5O4S/c1-30(2,3)21-7-8-23-19(14-21)13-20-16-25(40-29(20)35-23)26(37)34-24(17-31-9-11-36)18-5-4-6-22(15-18)33-27(38)28-32-10-12-39-28/h4-6,10,12-13,15-16,21,24,31,36H,7-9,11,14,17H2,1-3H3,(H,33,38)(H,34,37). The summed E-state index contributed by atoms with van der Waals surface area (Å²) in [5.74, 6) is -0.0773. The molecule has 4 N–H and O–H groups in total. The number of aliphatic hydroxyl groups is 1. The fourth-order valence-corrected chi connectivity index (χ4v) is 6.07. The lowest BCUT2D eigenvalue weighted by Crippen LogP contribution is -2.36. The molecule has 1 aromatic carbocycles. The Labute approximate surface area is 237 Å². The summed E-state index contributed by atoms with van der Waals surface area (Å²) >= 11 is 1.40. The Kier molecular flexibility index (Phi) is 8.30. The number of aryl methyl sites for hydroxylation is 1. The van der Waals surface area contributed by atoms with Crippen molar-refractivity contribution < 1.29 is 19.1 Å². The molecule has 2 amide bonds. The zero-order valence-corrected chi connectivity index (χ0v) is 23.8. The lowest BCUT2D eigenvalue weighted by Gasteiger charge is -2.34. The van der Waals surface area contributed by atoms with Gasteiger partial charge in [-0.15, -0.1) is 11.3 Å². The molecule has 3 heterocycles. The first-order valence-electron chi connectivity index (χ1n) is 13.6. The highest BCUT2D eigenvalue weighted by molar-refractivity contribution is 7.20. The molecule has 1 aliphatic rings. The lowest BCUT2D eigenvalue weighted by molar-refractivity contribution is 0.0938. The van der Waals surface area contributed by atoms with Gasteiger partial charge in [-0.3, -0.25) is 9.59 Å². The molecule has 10 heteroatoms. The van der Waals surface area contributed by atoms with E-state index in [9.17, 15) is 14.7 Å². The second-order valence-electron chi connectivity index (χ2n) is 11.3. The van der Waals surface area contributed by atoms with Crippen LogP contribution in [0.4, 0.5) is 5.69 Å². The summed E-state index contributed by atoms with van der Waals surface area (Å²) in [5.41, 5.74) is 4.04. The molecule has 5 rings (SSSR count). The van der Waals surface area contributed by atoms with Crippen LogP contribution in [0, 0.1) is 11.3 Å². The number of aromatic nitrogens is 2. The van der Waals surface area contributed by atoms with Crippen molar-refractivity contribution in [1.82, 2.24) is 20.6 Å². The SMILES string of the molecule is CC(C)(C)C1CCc2nc3sc(C(=O)NC(CNCCO)c4cccc(NC(=O)c5ncco5)c4)cc3cc2C1. The molecule has 2 unspecified atom stereocenters. The molecule has 9 nitrogen and oxygen atoms in total. The smallest absolute Gasteiger partial charge is 0.311 e. The molecule has 210 valence electrons. The number of carbonyl (C=O) groups excluding carboxylic acids is 2. The summed E-state index contributed by atoms with van der Waals surface area (Å²) in [5, 5.41) is 19.3. The van der Waals surface area contributed by atoms with Crippen LogP contribution in [-0.2, 0) is 12.8 Å². The highest BCUT2D eigenvalue weighted by atomic mass is 32.1. The van der Waals surface area contributed by atoms with Gasteiger partial charge in [0.05, 0.1) is 23.7 Å². The van der Waals surface area contributed by atoms with E-state index in [0.717, 1.165) is 40.7 Å². The van der Waals surface area contributed by atoms with Crippen LogP contribution >= 0.6 is 11.3 Å². The Morgan fingerprint density at radius 2 is 2.05 bits per heavy atom. The summed E-state index contributed by atoms with van der Waals surface area (Å²) in [7, 11) is 0. The number of nitrogens with one attached hydrogen (secondary N) is 3. The molecule has 0 aliphatic heterocycles. The minimum Gasteiger partial charge on any atom is -0.441 e. The Morgan fingerprint density at radius 3 is 2.80 bits per heavy atom. The molecular weight excluding hydrogens is 526 g/mol. The quantitative estimate of drug-likeness (QED) is 0.217. The Balaban J connectivity index is 1.34. The zero-order chi connectivity index (χ0) is 28.3. The predicted molar refractivity (Wildman–Crippen MR) is 156 cm³/mol. The fraction of sp³-hybridized carbons (Fsp3) is 0.400. The van der Waals surface area contributed by atoms with E-state index < -0.39 is 11.9 Å². The fourth-order valence-electron chi connectivity index (χ4n) is 5.13. The maximum absolute atomic E-state index is 13.5. The van der Waals surface area contributed by atoms with Gasteiger partial charge >= 0.3 is 5.91 Å². The highest BCUT2D eigenvalue weighted by Gasteiger charge is 2.30. The first-order chi connectivity index (χ1) is 19.2. The van der Waals surface area contributed by atoms with Crippen LogP contribution in [0.25, 0.3) is 10.2 Å². The van der Waals surface area contributed by atoms with Crippen molar-refractivity contribution in [1.29, 1.82) is 0 Å². The Morgan fingerprint density at radius 1 is 1.20 bits per heavy atom. The number of hydrogen-bond donors (Lipinski definition) is 4. The number of benzene rings is 1. The molecule has 4 aromatic rings. The van der Waals surface area contributed by atoms with Crippen LogP contribution in [0.2, 0.25) is 0 Å². The van der Waals surface area contributed by atoms with Crippen molar-refractivity contribution in [2.24, 2.45) is 11.3 Å². The van der Waals surface area contributed by atoms with Gasteiger partial charge in [0.25, 0.3) is 11.8 Å². The van der Waals surface area contributed by atoms with Crippen LogP contribution in [0.1, 0.15) is 70.4 Å². The molecule has 0 radical (unpaired) electrons. The third-order valence-electron chi connectivity index (χ3n) is 7.44. The monoisotopic (exact) mass is 561 g/mol. The van der Waals surface area contributed by atoms with Crippen molar-refractivity contribution in [3.05, 3.63) is 76.4 Å². The number of aliphatic hydroxyl groups excluding tert-OH is 1. The molecule has 0 saturated carbocycles. The van der Waals surface area contributed by atoms with E-state index in [1.165, 1.54) is 29.4 Å². The van der Waals surface area contributed by atoms with E-state index in [0.29, 0.717) is 29.6 Å². The van der Waals surface area contributed by atoms with Gasteiger partial charge in [-0.1, -0.05) is 32.9 Å². The minimum absolute atomic E-state index is 0.0182. The number of oxazole rings is 1. The molecule has 3 aromatic heterocycles. The third-order valence-corrected chi connectivity index (χ3v) is 8.48. The average molecular weight is 562 g/mol. The normalized spacial score (nSPS) is 15.9. The largest absolute Gasteiger partial charge is 0.441 e. The maximum Gasteiger partial charge on any atom is 0.311 e. The third kappa shape index (κ3) is 6.41. The summed E-state index contributed by atoms with van der Waals surface area (Å²) in [6.07, 6.45) is 5.86. The molecule has 0 bridgehead atoms. The molecule has 0 saturated heterocycles. The van der Waals surface area contributed by atoms with Crippen molar-refractivity contribution >= 4 is 39.1 Å². The van der Waals surface area contributed by atoms with Crippen LogP contribution in [0.15, 0.2) is 53.3 Å². The minimum atomic E-state index is -0.463. The Hall–Kier alpha value is -3.60. The van der Waals surface area contributed by atoms with Crippen molar-refractivity contribution in [3.63, 3.8) is 0 Å². The van der Waals surface area contributed by atoms with Crippen LogP contribution in [-0.4, -0.2) is 46.6 Å². The molecule has 2 atom stereocenters. The van der Waals surface area contributed by atoms with Crippen LogP contribution in [0.5, 0.6) is 0 Å². The van der Waals surface area contributed by atoms with Crippen molar-refractivity contribution in [2.45, 2.75) is 46.1 Å². The van der Waals surface area contributed by atoms with E-state index in [1.807, 2.05) is 18.2 Å². The number of thiophene rings is 1. The molecule has 0 spiro atoms. The van der Waals surface area contributed by atoms with Crippen molar-refractivity contribution in [2.75, 3.05) is 25.0 Å². The van der Waals surface area contributed by atoms with Gasteiger partial charge in [0, 0.05) is 29.9 Å². The van der Waals surface area contributed by atoms with Gasteiger partial charge in [0.1, 0.15) is 11.1 Å². The molecule has 1 aliphatic carbocycles. The van der Waals surface area contributed by atoms with Gasteiger partial charge in [-0.2, -0.15) is 0 Å². The summed E-state index contributed by atoms with van der Waals surface area (Å²) in [6.45, 7) is 7.67. The number of rotatable bonds is 9. The number of nitrogens with zero attached hydrogens (tertiary/aromatic N) is 2. The van der Waals surface area contributed by atoms with Gasteiger partial charge < -0.3 is 25.5 Å². The maximum atomic E-state index is 13.5. The topological polar surface area (TPSA) is 129 Å². The Bertz CT molecular complexity index is 1490. The second kappa shape index (κ2) is 11.9. The van der Waals surface area contributed by atoms with Crippen LogP contribution < -0.4 is 16.0 Å².